The molecule has 2 heteroatoms. The first kappa shape index (κ1) is 12.4. The number of hydrogen-bond donors (Lipinski definition) is 1. The van der Waals surface area contributed by atoms with E-state index in [0.717, 1.165) is 17.9 Å². The predicted molar refractivity (Wildman–Crippen MR) is 69.6 cm³/mol. The van der Waals surface area contributed by atoms with Crippen LogP contribution in [0, 0.1) is 11.8 Å². The summed E-state index contributed by atoms with van der Waals surface area (Å²) in [4.78, 5) is 2.69. The summed E-state index contributed by atoms with van der Waals surface area (Å²) >= 11 is 0. The van der Waals surface area contributed by atoms with Crippen molar-refractivity contribution in [3.63, 3.8) is 0 Å². The molecule has 0 amide bonds. The average molecular weight is 224 g/mol. The predicted octanol–water partition coefficient (Wildman–Crippen LogP) is 2.50. The Hall–Kier alpha value is -0.0800. The van der Waals surface area contributed by atoms with E-state index in [1.54, 1.807) is 0 Å². The van der Waals surface area contributed by atoms with E-state index in [2.05, 4.69) is 24.2 Å². The van der Waals surface area contributed by atoms with Crippen molar-refractivity contribution in [1.82, 2.24) is 10.2 Å². The van der Waals surface area contributed by atoms with Gasteiger partial charge in [-0.1, -0.05) is 19.8 Å². The number of nitrogens with one attached hydrogen (secondary N) is 1. The van der Waals surface area contributed by atoms with Crippen molar-refractivity contribution in [2.45, 2.75) is 51.5 Å². The Kier molecular flexibility index (Phi) is 4.66. The Labute approximate surface area is 101 Å². The molecule has 1 heterocycles. The SMILES string of the molecule is CNC(CN1CCCC(C)C1)C1CCCC1. The first-order valence-electron chi connectivity index (χ1n) is 7.19. The normalized spacial score (nSPS) is 30.8. The molecular weight excluding hydrogens is 196 g/mol. The first-order valence-corrected chi connectivity index (χ1v) is 7.19. The van der Waals surface area contributed by atoms with E-state index >= 15 is 0 Å². The maximum atomic E-state index is 3.56. The van der Waals surface area contributed by atoms with Crippen molar-refractivity contribution in [3.8, 4) is 0 Å². The van der Waals surface area contributed by atoms with Crippen LogP contribution in [0.1, 0.15) is 45.4 Å². The zero-order valence-corrected chi connectivity index (χ0v) is 11.0. The van der Waals surface area contributed by atoms with E-state index in [9.17, 15) is 0 Å². The van der Waals surface area contributed by atoms with E-state index < -0.39 is 0 Å². The number of likely N-dealkylation sites (tertiary alicyclic amines) is 1. The van der Waals surface area contributed by atoms with Gasteiger partial charge in [-0.25, -0.2) is 0 Å². The standard InChI is InChI=1S/C14H28N2/c1-12-6-5-9-16(10-12)11-14(15-2)13-7-3-4-8-13/h12-15H,3-11H2,1-2H3. The molecule has 1 saturated heterocycles. The molecule has 1 N–H and O–H groups in total. The van der Waals surface area contributed by atoms with Gasteiger partial charge in [0, 0.05) is 19.1 Å². The number of likely N-dealkylation sites (N-methyl/N-ethyl adjacent to an activating group) is 1. The highest BCUT2D eigenvalue weighted by Gasteiger charge is 2.26. The fourth-order valence-electron chi connectivity index (χ4n) is 3.57. The quantitative estimate of drug-likeness (QED) is 0.789. The van der Waals surface area contributed by atoms with Crippen LogP contribution in [-0.4, -0.2) is 37.6 Å². The molecule has 2 nitrogen and oxygen atoms in total. The van der Waals surface area contributed by atoms with Crippen LogP contribution in [0.2, 0.25) is 0 Å². The summed E-state index contributed by atoms with van der Waals surface area (Å²) in [6.45, 7) is 6.34. The van der Waals surface area contributed by atoms with Gasteiger partial charge in [0.05, 0.1) is 0 Å². The molecule has 0 radical (unpaired) electrons. The van der Waals surface area contributed by atoms with Gasteiger partial charge in [-0.15, -0.1) is 0 Å². The second-order valence-corrected chi connectivity index (χ2v) is 5.95. The third-order valence-electron chi connectivity index (χ3n) is 4.54. The van der Waals surface area contributed by atoms with Crippen LogP contribution in [-0.2, 0) is 0 Å². The maximum Gasteiger partial charge on any atom is 0.0220 e. The largest absolute Gasteiger partial charge is 0.315 e. The number of hydrogen-bond acceptors (Lipinski definition) is 2. The minimum absolute atomic E-state index is 0.743. The van der Waals surface area contributed by atoms with Crippen LogP contribution in [0.3, 0.4) is 0 Å². The van der Waals surface area contributed by atoms with Gasteiger partial charge in [0.2, 0.25) is 0 Å². The highest BCUT2D eigenvalue weighted by atomic mass is 15.2. The maximum absolute atomic E-state index is 3.56. The number of piperidine rings is 1. The molecule has 94 valence electrons. The molecule has 2 unspecified atom stereocenters. The summed E-state index contributed by atoms with van der Waals surface area (Å²) in [6.07, 6.45) is 8.66. The summed E-state index contributed by atoms with van der Waals surface area (Å²) in [6, 6.07) is 0.743. The molecule has 1 aliphatic heterocycles. The van der Waals surface area contributed by atoms with E-state index in [1.165, 1.54) is 58.2 Å². The first-order chi connectivity index (χ1) is 7.79. The van der Waals surface area contributed by atoms with Crippen LogP contribution < -0.4 is 5.32 Å². The highest BCUT2D eigenvalue weighted by Crippen LogP contribution is 2.28. The molecule has 16 heavy (non-hydrogen) atoms. The average Bonchev–Trinajstić information content (AvgIpc) is 2.79. The van der Waals surface area contributed by atoms with Crippen molar-refractivity contribution in [2.24, 2.45) is 11.8 Å². The van der Waals surface area contributed by atoms with Crippen LogP contribution in [0.15, 0.2) is 0 Å². The third-order valence-corrected chi connectivity index (χ3v) is 4.54. The van der Waals surface area contributed by atoms with E-state index in [1.807, 2.05) is 0 Å². The topological polar surface area (TPSA) is 15.3 Å². The Morgan fingerprint density at radius 2 is 1.94 bits per heavy atom. The highest BCUT2D eigenvalue weighted by molar-refractivity contribution is 4.83. The molecule has 2 rings (SSSR count). The van der Waals surface area contributed by atoms with Crippen molar-refractivity contribution >= 4 is 0 Å². The van der Waals surface area contributed by atoms with Gasteiger partial charge in [-0.2, -0.15) is 0 Å². The molecule has 2 fully saturated rings. The van der Waals surface area contributed by atoms with Crippen LogP contribution in [0.5, 0.6) is 0 Å². The van der Waals surface area contributed by atoms with Gasteiger partial charge in [0.1, 0.15) is 0 Å². The van der Waals surface area contributed by atoms with E-state index in [-0.39, 0.29) is 0 Å². The van der Waals surface area contributed by atoms with E-state index in [4.69, 9.17) is 0 Å². The Morgan fingerprint density at radius 3 is 2.56 bits per heavy atom. The zero-order valence-electron chi connectivity index (χ0n) is 11.0. The molecule has 0 aromatic rings. The fraction of sp³-hybridized carbons (Fsp3) is 1.00. The van der Waals surface area contributed by atoms with E-state index in [0.29, 0.717) is 0 Å². The molecule has 2 aliphatic rings. The van der Waals surface area contributed by atoms with Crippen molar-refractivity contribution < 1.29 is 0 Å². The molecule has 0 aromatic heterocycles. The number of rotatable bonds is 4. The van der Waals surface area contributed by atoms with Gasteiger partial charge < -0.3 is 10.2 Å². The Balaban J connectivity index is 1.80. The lowest BCUT2D eigenvalue weighted by atomic mass is 9.95. The summed E-state index contributed by atoms with van der Waals surface area (Å²) in [5.74, 6) is 1.86. The van der Waals surface area contributed by atoms with Gasteiger partial charge in [-0.05, 0) is 51.1 Å². The lowest BCUT2D eigenvalue weighted by molar-refractivity contribution is 0.153. The lowest BCUT2D eigenvalue weighted by Gasteiger charge is -2.35. The Morgan fingerprint density at radius 1 is 1.19 bits per heavy atom. The smallest absolute Gasteiger partial charge is 0.0220 e. The van der Waals surface area contributed by atoms with Crippen molar-refractivity contribution in [1.29, 1.82) is 0 Å². The monoisotopic (exact) mass is 224 g/mol. The molecular formula is C14H28N2. The summed E-state index contributed by atoms with van der Waals surface area (Å²) in [5, 5.41) is 3.56. The van der Waals surface area contributed by atoms with Gasteiger partial charge in [0.15, 0.2) is 0 Å². The van der Waals surface area contributed by atoms with Crippen LogP contribution in [0.4, 0.5) is 0 Å². The Bertz CT molecular complexity index is 199. The molecule has 1 aliphatic carbocycles. The molecule has 0 bridgehead atoms. The third kappa shape index (κ3) is 3.21. The van der Waals surface area contributed by atoms with Gasteiger partial charge >= 0.3 is 0 Å². The lowest BCUT2D eigenvalue weighted by Crippen LogP contribution is -2.46. The fourth-order valence-corrected chi connectivity index (χ4v) is 3.57. The minimum Gasteiger partial charge on any atom is -0.315 e. The van der Waals surface area contributed by atoms with Gasteiger partial charge in [-0.3, -0.25) is 0 Å². The summed E-state index contributed by atoms with van der Waals surface area (Å²) in [7, 11) is 2.15. The van der Waals surface area contributed by atoms with Crippen LogP contribution in [0.25, 0.3) is 0 Å². The van der Waals surface area contributed by atoms with Gasteiger partial charge in [0.25, 0.3) is 0 Å². The van der Waals surface area contributed by atoms with Crippen molar-refractivity contribution in [3.05, 3.63) is 0 Å². The van der Waals surface area contributed by atoms with Crippen molar-refractivity contribution in [2.75, 3.05) is 26.7 Å². The number of nitrogens with zero attached hydrogens (tertiary/aromatic N) is 1. The minimum atomic E-state index is 0.743. The molecule has 0 spiro atoms. The summed E-state index contributed by atoms with van der Waals surface area (Å²) < 4.78 is 0. The molecule has 1 saturated carbocycles. The second-order valence-electron chi connectivity index (χ2n) is 5.95. The summed E-state index contributed by atoms with van der Waals surface area (Å²) in [5.41, 5.74) is 0. The molecule has 0 aromatic carbocycles. The molecule has 2 atom stereocenters. The van der Waals surface area contributed by atoms with Crippen LogP contribution >= 0.6 is 0 Å². The second kappa shape index (κ2) is 6.02. The zero-order chi connectivity index (χ0) is 11.4.